The molecule has 0 aliphatic carbocycles. The number of aryl methyl sites for hydroxylation is 1. The first-order valence-electron chi connectivity index (χ1n) is 9.66. The zero-order valence-corrected chi connectivity index (χ0v) is 17.9. The number of rotatable bonds is 7. The highest BCUT2D eigenvalue weighted by molar-refractivity contribution is 8.00. The van der Waals surface area contributed by atoms with E-state index in [1.807, 2.05) is 85.8 Å². The molecule has 4 aromatic rings. The summed E-state index contributed by atoms with van der Waals surface area (Å²) in [6.07, 6.45) is 0. The van der Waals surface area contributed by atoms with E-state index in [2.05, 4.69) is 20.8 Å². The van der Waals surface area contributed by atoms with Crippen LogP contribution in [0.3, 0.4) is 0 Å². The molecule has 1 amide bonds. The fourth-order valence-electron chi connectivity index (χ4n) is 3.11. The van der Waals surface area contributed by atoms with Crippen LogP contribution in [0.4, 0.5) is 5.69 Å². The minimum absolute atomic E-state index is 0.192. The number of methoxy groups -OCH3 is 1. The number of thioether (sulfide) groups is 1. The third-order valence-corrected chi connectivity index (χ3v) is 5.81. The van der Waals surface area contributed by atoms with Crippen LogP contribution in [-0.2, 0) is 4.79 Å². The van der Waals surface area contributed by atoms with Gasteiger partial charge in [0.15, 0.2) is 0 Å². The molecule has 31 heavy (non-hydrogen) atoms. The standard InChI is InChI=1S/C23H21N5O2S/c1-16-13-14-20(30-2)19(15-16)24-22(29)21(17-9-5-3-6-10-17)31-23-25-26-27-28(23)18-11-7-4-8-12-18/h3-15,21H,1-2H3,(H,24,29)/t21-/m1/s1. The van der Waals surface area contributed by atoms with E-state index < -0.39 is 5.25 Å². The second-order valence-electron chi connectivity index (χ2n) is 6.81. The first kappa shape index (κ1) is 20.6. The molecule has 0 aliphatic heterocycles. The molecular weight excluding hydrogens is 410 g/mol. The maximum Gasteiger partial charge on any atom is 0.242 e. The number of hydrogen-bond acceptors (Lipinski definition) is 6. The van der Waals surface area contributed by atoms with Crippen molar-refractivity contribution in [3.05, 3.63) is 90.0 Å². The molecule has 156 valence electrons. The van der Waals surface area contributed by atoms with Gasteiger partial charge in [-0.2, -0.15) is 4.68 Å². The molecule has 1 heterocycles. The third-order valence-electron chi connectivity index (χ3n) is 4.62. The molecule has 7 nitrogen and oxygen atoms in total. The van der Waals surface area contributed by atoms with Crippen LogP contribution in [0.25, 0.3) is 5.69 Å². The van der Waals surface area contributed by atoms with Crippen LogP contribution >= 0.6 is 11.8 Å². The lowest BCUT2D eigenvalue weighted by Crippen LogP contribution is -2.20. The molecule has 3 aromatic carbocycles. The average Bonchev–Trinajstić information content (AvgIpc) is 3.27. The predicted molar refractivity (Wildman–Crippen MR) is 121 cm³/mol. The summed E-state index contributed by atoms with van der Waals surface area (Å²) in [5, 5.41) is 15.0. The number of hydrogen-bond donors (Lipinski definition) is 1. The number of amides is 1. The van der Waals surface area contributed by atoms with Gasteiger partial charge in [-0.15, -0.1) is 5.10 Å². The Labute approximate surface area is 184 Å². The van der Waals surface area contributed by atoms with Gasteiger partial charge in [0.1, 0.15) is 11.0 Å². The Morgan fingerprint density at radius 1 is 1.03 bits per heavy atom. The second kappa shape index (κ2) is 9.44. The molecule has 0 saturated heterocycles. The highest BCUT2D eigenvalue weighted by atomic mass is 32.2. The number of anilines is 1. The van der Waals surface area contributed by atoms with Gasteiger partial charge in [0, 0.05) is 0 Å². The number of para-hydroxylation sites is 1. The summed E-state index contributed by atoms with van der Waals surface area (Å²) < 4.78 is 7.04. The van der Waals surface area contributed by atoms with Crippen LogP contribution in [0.1, 0.15) is 16.4 Å². The molecule has 0 unspecified atom stereocenters. The zero-order chi connectivity index (χ0) is 21.6. The van der Waals surface area contributed by atoms with Crippen molar-refractivity contribution in [1.82, 2.24) is 20.2 Å². The minimum atomic E-state index is -0.570. The molecule has 8 heteroatoms. The number of tetrazole rings is 1. The normalized spacial score (nSPS) is 11.7. The smallest absolute Gasteiger partial charge is 0.242 e. The Morgan fingerprint density at radius 2 is 1.74 bits per heavy atom. The van der Waals surface area contributed by atoms with Gasteiger partial charge in [-0.1, -0.05) is 66.4 Å². The van der Waals surface area contributed by atoms with Crippen LogP contribution in [0, 0.1) is 6.92 Å². The Morgan fingerprint density at radius 3 is 2.45 bits per heavy atom. The van der Waals surface area contributed by atoms with E-state index >= 15 is 0 Å². The maximum absolute atomic E-state index is 13.4. The second-order valence-corrected chi connectivity index (χ2v) is 7.88. The van der Waals surface area contributed by atoms with Crippen LogP contribution in [0.15, 0.2) is 84.0 Å². The van der Waals surface area contributed by atoms with Crippen molar-refractivity contribution in [3.63, 3.8) is 0 Å². The fourth-order valence-corrected chi connectivity index (χ4v) is 4.10. The summed E-state index contributed by atoms with van der Waals surface area (Å²) in [5.41, 5.74) is 3.31. The topological polar surface area (TPSA) is 81.9 Å². The minimum Gasteiger partial charge on any atom is -0.495 e. The number of benzene rings is 3. The lowest BCUT2D eigenvalue weighted by atomic mass is 10.1. The van der Waals surface area contributed by atoms with E-state index in [1.165, 1.54) is 11.8 Å². The van der Waals surface area contributed by atoms with E-state index in [4.69, 9.17) is 4.74 Å². The molecule has 1 N–H and O–H groups in total. The molecule has 0 fully saturated rings. The van der Waals surface area contributed by atoms with Gasteiger partial charge in [0.25, 0.3) is 0 Å². The SMILES string of the molecule is COc1ccc(C)cc1NC(=O)[C@H](Sc1nnnn1-c1ccccc1)c1ccccc1. The van der Waals surface area contributed by atoms with E-state index in [1.54, 1.807) is 11.8 Å². The first-order valence-corrected chi connectivity index (χ1v) is 10.5. The van der Waals surface area contributed by atoms with Crippen LogP contribution in [-0.4, -0.2) is 33.2 Å². The van der Waals surface area contributed by atoms with Gasteiger partial charge < -0.3 is 10.1 Å². The van der Waals surface area contributed by atoms with E-state index in [0.717, 1.165) is 16.8 Å². The van der Waals surface area contributed by atoms with Crippen molar-refractivity contribution in [2.75, 3.05) is 12.4 Å². The molecule has 1 aromatic heterocycles. The number of ether oxygens (including phenoxy) is 1. The van der Waals surface area contributed by atoms with E-state index in [-0.39, 0.29) is 5.91 Å². The summed E-state index contributed by atoms with van der Waals surface area (Å²) in [7, 11) is 1.58. The highest BCUT2D eigenvalue weighted by Gasteiger charge is 2.26. The van der Waals surface area contributed by atoms with Crippen molar-refractivity contribution < 1.29 is 9.53 Å². The lowest BCUT2D eigenvalue weighted by Gasteiger charge is -2.18. The number of aromatic nitrogens is 4. The van der Waals surface area contributed by atoms with Crippen molar-refractivity contribution in [3.8, 4) is 11.4 Å². The van der Waals surface area contributed by atoms with E-state index in [0.29, 0.717) is 16.6 Å². The van der Waals surface area contributed by atoms with Crippen molar-refractivity contribution >= 4 is 23.4 Å². The average molecular weight is 432 g/mol. The van der Waals surface area contributed by atoms with Gasteiger partial charge in [-0.25, -0.2) is 0 Å². The van der Waals surface area contributed by atoms with Crippen molar-refractivity contribution in [2.24, 2.45) is 0 Å². The van der Waals surface area contributed by atoms with Gasteiger partial charge in [-0.3, -0.25) is 4.79 Å². The lowest BCUT2D eigenvalue weighted by molar-refractivity contribution is -0.115. The highest BCUT2D eigenvalue weighted by Crippen LogP contribution is 2.36. The Balaban J connectivity index is 1.66. The summed E-state index contributed by atoms with van der Waals surface area (Å²) in [5.74, 6) is 0.410. The first-order chi connectivity index (χ1) is 15.2. The summed E-state index contributed by atoms with van der Waals surface area (Å²) in [6.45, 7) is 1.96. The van der Waals surface area contributed by atoms with Gasteiger partial charge >= 0.3 is 0 Å². The molecule has 0 radical (unpaired) electrons. The van der Waals surface area contributed by atoms with E-state index in [9.17, 15) is 4.79 Å². The maximum atomic E-state index is 13.4. The molecule has 0 saturated carbocycles. The summed E-state index contributed by atoms with van der Waals surface area (Å²) in [6, 6.07) is 24.8. The van der Waals surface area contributed by atoms with Crippen LogP contribution in [0.2, 0.25) is 0 Å². The molecule has 0 aliphatic rings. The Bertz CT molecular complexity index is 1170. The van der Waals surface area contributed by atoms with Gasteiger partial charge in [0.2, 0.25) is 11.1 Å². The quantitative estimate of drug-likeness (QED) is 0.435. The molecule has 1 atom stereocenters. The van der Waals surface area contributed by atoms with Crippen molar-refractivity contribution in [2.45, 2.75) is 17.3 Å². The monoisotopic (exact) mass is 431 g/mol. The number of carbonyl (C=O) groups excluding carboxylic acids is 1. The van der Waals surface area contributed by atoms with Gasteiger partial charge in [-0.05, 0) is 52.7 Å². The fraction of sp³-hybridized carbons (Fsp3) is 0.130. The van der Waals surface area contributed by atoms with Gasteiger partial charge in [0.05, 0.1) is 18.5 Å². The zero-order valence-electron chi connectivity index (χ0n) is 17.1. The number of carbonyl (C=O) groups is 1. The van der Waals surface area contributed by atoms with Crippen LogP contribution in [0.5, 0.6) is 5.75 Å². The molecule has 0 bridgehead atoms. The largest absolute Gasteiger partial charge is 0.495 e. The Kier molecular flexibility index (Phi) is 6.28. The van der Waals surface area contributed by atoms with Crippen LogP contribution < -0.4 is 10.1 Å². The third kappa shape index (κ3) is 4.75. The molecule has 0 spiro atoms. The summed E-state index contributed by atoms with van der Waals surface area (Å²) in [4.78, 5) is 13.4. The van der Waals surface area contributed by atoms with Crippen molar-refractivity contribution in [1.29, 1.82) is 0 Å². The predicted octanol–water partition coefficient (Wildman–Crippen LogP) is 4.45. The molecular formula is C23H21N5O2S. The molecule has 4 rings (SSSR count). The number of nitrogens with zero attached hydrogens (tertiary/aromatic N) is 4. The Hall–Kier alpha value is -3.65. The number of nitrogens with one attached hydrogen (secondary N) is 1. The summed E-state index contributed by atoms with van der Waals surface area (Å²) >= 11 is 1.29.